The normalized spacial score (nSPS) is 20.1. The number of carbonyl (C=O) groups is 1. The van der Waals surface area contributed by atoms with Crippen molar-refractivity contribution in [2.24, 2.45) is 0 Å². The Balaban J connectivity index is 2.11. The van der Waals surface area contributed by atoms with Crippen molar-refractivity contribution in [3.05, 3.63) is 33.2 Å². The minimum absolute atomic E-state index is 0.0735. The Kier molecular flexibility index (Phi) is 3.74. The molecular weight excluding hydrogens is 252 g/mol. The topological polar surface area (TPSA) is 42.3 Å². The first-order chi connectivity index (χ1) is 9.74. The van der Waals surface area contributed by atoms with Gasteiger partial charge in [-0.05, 0) is 31.0 Å². The second kappa shape index (κ2) is 5.52. The quantitative estimate of drug-likeness (QED) is 0.793. The van der Waals surface area contributed by atoms with E-state index in [1.165, 1.54) is 24.1 Å². The third-order valence-electron chi connectivity index (χ3n) is 4.78. The molecule has 2 heterocycles. The fraction of sp³-hybridized carbons (Fsp3) is 0.625. The molecule has 1 aromatic heterocycles. The standard InChI is InChI=1S/C16H22N2O2/c1-2-17-8-7-15-12(10-17)9-13(11-19)16(20)18(15)14-5-3-4-6-14/h9,11,14H,2-8,10H2,1H3. The SMILES string of the molecule is CCN1CCc2c(cc(C=O)c(=O)n2C2CCCC2)C1. The molecule has 0 unspecified atom stereocenters. The molecule has 20 heavy (non-hydrogen) atoms. The molecule has 1 fully saturated rings. The molecule has 0 saturated heterocycles. The van der Waals surface area contributed by atoms with Crippen LogP contribution in [0.25, 0.3) is 0 Å². The van der Waals surface area contributed by atoms with Crippen molar-refractivity contribution in [1.82, 2.24) is 9.47 Å². The zero-order valence-electron chi connectivity index (χ0n) is 12.1. The molecule has 0 amide bonds. The highest BCUT2D eigenvalue weighted by molar-refractivity contribution is 5.74. The lowest BCUT2D eigenvalue weighted by Gasteiger charge is -2.31. The van der Waals surface area contributed by atoms with E-state index in [0.717, 1.165) is 45.2 Å². The Morgan fingerprint density at radius 3 is 2.75 bits per heavy atom. The average Bonchev–Trinajstić information content (AvgIpc) is 3.00. The number of likely N-dealkylation sites (N-methyl/N-ethyl adjacent to an activating group) is 1. The lowest BCUT2D eigenvalue weighted by molar-refractivity contribution is 0.112. The van der Waals surface area contributed by atoms with Crippen molar-refractivity contribution < 1.29 is 4.79 Å². The van der Waals surface area contributed by atoms with Crippen LogP contribution in [0, 0.1) is 0 Å². The Hall–Kier alpha value is -1.42. The third kappa shape index (κ3) is 2.22. The van der Waals surface area contributed by atoms with Gasteiger partial charge in [0.25, 0.3) is 5.56 Å². The summed E-state index contributed by atoms with van der Waals surface area (Å²) in [5.74, 6) is 0. The van der Waals surface area contributed by atoms with Crippen LogP contribution in [0.2, 0.25) is 0 Å². The Bertz CT molecular complexity index is 571. The second-order valence-electron chi connectivity index (χ2n) is 5.92. The van der Waals surface area contributed by atoms with E-state index in [4.69, 9.17) is 0 Å². The van der Waals surface area contributed by atoms with Gasteiger partial charge in [0.05, 0.1) is 5.56 Å². The lowest BCUT2D eigenvalue weighted by atomic mass is 10.0. The predicted molar refractivity (Wildman–Crippen MR) is 78.2 cm³/mol. The van der Waals surface area contributed by atoms with Gasteiger partial charge in [0.15, 0.2) is 6.29 Å². The van der Waals surface area contributed by atoms with Crippen molar-refractivity contribution in [1.29, 1.82) is 0 Å². The van der Waals surface area contributed by atoms with Gasteiger partial charge in [-0.1, -0.05) is 19.8 Å². The first-order valence-electron chi connectivity index (χ1n) is 7.69. The van der Waals surface area contributed by atoms with Crippen molar-refractivity contribution >= 4 is 6.29 Å². The van der Waals surface area contributed by atoms with E-state index < -0.39 is 0 Å². The molecule has 1 aliphatic carbocycles. The van der Waals surface area contributed by atoms with Gasteiger partial charge in [-0.2, -0.15) is 0 Å². The number of rotatable bonds is 3. The van der Waals surface area contributed by atoms with E-state index in [1.807, 2.05) is 10.6 Å². The van der Waals surface area contributed by atoms with Crippen molar-refractivity contribution in [3.63, 3.8) is 0 Å². The van der Waals surface area contributed by atoms with Gasteiger partial charge in [-0.25, -0.2) is 0 Å². The number of aromatic nitrogens is 1. The van der Waals surface area contributed by atoms with Crippen LogP contribution in [0.5, 0.6) is 0 Å². The number of nitrogens with zero attached hydrogens (tertiary/aromatic N) is 2. The highest BCUT2D eigenvalue weighted by atomic mass is 16.1. The summed E-state index contributed by atoms with van der Waals surface area (Å²) < 4.78 is 1.96. The fourth-order valence-corrected chi connectivity index (χ4v) is 3.65. The molecule has 0 radical (unpaired) electrons. The number of aldehydes is 1. The van der Waals surface area contributed by atoms with Crippen LogP contribution in [0.4, 0.5) is 0 Å². The molecule has 0 N–H and O–H groups in total. The molecule has 1 saturated carbocycles. The van der Waals surface area contributed by atoms with E-state index in [2.05, 4.69) is 11.8 Å². The van der Waals surface area contributed by atoms with E-state index >= 15 is 0 Å². The summed E-state index contributed by atoms with van der Waals surface area (Å²) in [7, 11) is 0. The smallest absolute Gasteiger partial charge is 0.261 e. The van der Waals surface area contributed by atoms with Crippen molar-refractivity contribution in [2.75, 3.05) is 13.1 Å². The summed E-state index contributed by atoms with van der Waals surface area (Å²) in [5, 5.41) is 0. The molecule has 0 atom stereocenters. The Morgan fingerprint density at radius 1 is 1.35 bits per heavy atom. The number of fused-ring (bicyclic) bond motifs is 1. The zero-order valence-corrected chi connectivity index (χ0v) is 12.1. The Labute approximate surface area is 119 Å². The third-order valence-corrected chi connectivity index (χ3v) is 4.78. The summed E-state index contributed by atoms with van der Waals surface area (Å²) in [4.78, 5) is 26.1. The van der Waals surface area contributed by atoms with Crippen LogP contribution >= 0.6 is 0 Å². The summed E-state index contributed by atoms with van der Waals surface area (Å²) in [6, 6.07) is 2.13. The highest BCUT2D eigenvalue weighted by Crippen LogP contribution is 2.31. The molecule has 4 heteroatoms. The van der Waals surface area contributed by atoms with Gasteiger partial charge < -0.3 is 4.57 Å². The molecular formula is C16H22N2O2. The fourth-order valence-electron chi connectivity index (χ4n) is 3.65. The minimum atomic E-state index is -0.0735. The van der Waals surface area contributed by atoms with Gasteiger partial charge >= 0.3 is 0 Å². The van der Waals surface area contributed by atoms with Crippen LogP contribution in [0.15, 0.2) is 10.9 Å². The number of hydrogen-bond donors (Lipinski definition) is 0. The minimum Gasteiger partial charge on any atom is -0.309 e. The molecule has 1 aliphatic heterocycles. The summed E-state index contributed by atoms with van der Waals surface area (Å²) in [5.41, 5.74) is 2.60. The van der Waals surface area contributed by atoms with Crippen LogP contribution in [0.3, 0.4) is 0 Å². The zero-order chi connectivity index (χ0) is 14.1. The molecule has 0 bridgehead atoms. The summed E-state index contributed by atoms with van der Waals surface area (Å²) in [6.07, 6.45) is 6.18. The van der Waals surface area contributed by atoms with Crippen LogP contribution in [0.1, 0.15) is 60.3 Å². The molecule has 3 rings (SSSR count). The predicted octanol–water partition coefficient (Wildman–Crippen LogP) is 2.15. The molecule has 108 valence electrons. The highest BCUT2D eigenvalue weighted by Gasteiger charge is 2.26. The molecule has 1 aromatic rings. The van der Waals surface area contributed by atoms with Crippen LogP contribution in [-0.4, -0.2) is 28.8 Å². The van der Waals surface area contributed by atoms with Gasteiger partial charge in [0, 0.05) is 31.2 Å². The molecule has 0 spiro atoms. The van der Waals surface area contributed by atoms with E-state index in [9.17, 15) is 9.59 Å². The number of carbonyl (C=O) groups excluding carboxylic acids is 1. The Morgan fingerprint density at radius 2 is 2.10 bits per heavy atom. The van der Waals surface area contributed by atoms with Gasteiger partial charge in [-0.15, -0.1) is 0 Å². The van der Waals surface area contributed by atoms with Crippen LogP contribution in [-0.2, 0) is 13.0 Å². The van der Waals surface area contributed by atoms with Crippen molar-refractivity contribution in [3.8, 4) is 0 Å². The second-order valence-corrected chi connectivity index (χ2v) is 5.92. The number of pyridine rings is 1. The first kappa shape index (κ1) is 13.6. The summed E-state index contributed by atoms with van der Waals surface area (Å²) >= 11 is 0. The monoisotopic (exact) mass is 274 g/mol. The molecule has 2 aliphatic rings. The molecule has 0 aromatic carbocycles. The lowest BCUT2D eigenvalue weighted by Crippen LogP contribution is -2.38. The van der Waals surface area contributed by atoms with E-state index in [0.29, 0.717) is 11.6 Å². The van der Waals surface area contributed by atoms with Crippen molar-refractivity contribution in [2.45, 2.75) is 51.6 Å². The first-order valence-corrected chi connectivity index (χ1v) is 7.69. The largest absolute Gasteiger partial charge is 0.309 e. The van der Waals surface area contributed by atoms with E-state index in [1.54, 1.807) is 0 Å². The van der Waals surface area contributed by atoms with E-state index in [-0.39, 0.29) is 5.56 Å². The maximum Gasteiger partial charge on any atom is 0.261 e. The molecule has 4 nitrogen and oxygen atoms in total. The van der Waals surface area contributed by atoms with Gasteiger partial charge in [0.1, 0.15) is 0 Å². The summed E-state index contributed by atoms with van der Waals surface area (Å²) in [6.45, 7) is 5.03. The van der Waals surface area contributed by atoms with Crippen LogP contribution < -0.4 is 5.56 Å². The average molecular weight is 274 g/mol. The van der Waals surface area contributed by atoms with Gasteiger partial charge in [-0.3, -0.25) is 14.5 Å². The maximum absolute atomic E-state index is 12.5. The number of hydrogen-bond acceptors (Lipinski definition) is 3. The van der Waals surface area contributed by atoms with Gasteiger partial charge in [0.2, 0.25) is 0 Å². The maximum atomic E-state index is 12.5.